The van der Waals surface area contributed by atoms with E-state index in [2.05, 4.69) is 4.98 Å². The summed E-state index contributed by atoms with van der Waals surface area (Å²) in [5.74, 6) is 0.0177. The Bertz CT molecular complexity index is 1190. The second kappa shape index (κ2) is 4.78. The molecule has 2 unspecified atom stereocenters. The van der Waals surface area contributed by atoms with Gasteiger partial charge >= 0.3 is 0 Å². The zero-order chi connectivity index (χ0) is 16.3. The molecule has 3 heteroatoms. The van der Waals surface area contributed by atoms with Gasteiger partial charge in [0.2, 0.25) is 0 Å². The number of fused-ring (bicyclic) bond motifs is 4. The molecule has 24 heavy (non-hydrogen) atoms. The van der Waals surface area contributed by atoms with E-state index in [1.165, 1.54) is 0 Å². The SMILES string of the molecule is O=C1c2ccccc2CC2C=c3c([nH]c4ccccc4c3=O)=CC12. The normalized spacial score (nSPS) is 21.2. The smallest absolute Gasteiger partial charge is 0.196 e. The first-order valence-electron chi connectivity index (χ1n) is 8.19. The van der Waals surface area contributed by atoms with Crippen LogP contribution < -0.4 is 16.0 Å². The number of benzene rings is 2. The highest BCUT2D eigenvalue weighted by molar-refractivity contribution is 6.04. The lowest BCUT2D eigenvalue weighted by Crippen LogP contribution is -2.47. The zero-order valence-electron chi connectivity index (χ0n) is 13.0. The van der Waals surface area contributed by atoms with Crippen LogP contribution in [0, 0.1) is 11.8 Å². The highest BCUT2D eigenvalue weighted by Crippen LogP contribution is 2.32. The van der Waals surface area contributed by atoms with Gasteiger partial charge in [-0.25, -0.2) is 0 Å². The summed E-state index contributed by atoms with van der Waals surface area (Å²) in [5.41, 5.74) is 2.75. The predicted molar refractivity (Wildman–Crippen MR) is 94.2 cm³/mol. The van der Waals surface area contributed by atoms with Gasteiger partial charge in [0, 0.05) is 33.0 Å². The van der Waals surface area contributed by atoms with E-state index in [0.29, 0.717) is 10.6 Å². The molecule has 2 atom stereocenters. The molecule has 2 aliphatic rings. The van der Waals surface area contributed by atoms with Crippen molar-refractivity contribution in [3.8, 4) is 0 Å². The van der Waals surface area contributed by atoms with Crippen molar-refractivity contribution in [1.29, 1.82) is 0 Å². The average Bonchev–Trinajstić information content (AvgIpc) is 2.62. The van der Waals surface area contributed by atoms with Crippen molar-refractivity contribution >= 4 is 28.8 Å². The van der Waals surface area contributed by atoms with Crippen molar-refractivity contribution in [1.82, 2.24) is 4.98 Å². The van der Waals surface area contributed by atoms with Crippen molar-refractivity contribution in [2.45, 2.75) is 6.42 Å². The van der Waals surface area contributed by atoms with Gasteiger partial charge in [0.15, 0.2) is 11.2 Å². The Hall–Kier alpha value is -2.94. The number of Topliss-reactive ketones (excluding diaryl/α,β-unsaturated/α-hetero) is 1. The molecular formula is C21H15NO2. The molecule has 1 heterocycles. The molecule has 1 N–H and O–H groups in total. The van der Waals surface area contributed by atoms with Crippen LogP contribution in [0.5, 0.6) is 0 Å². The van der Waals surface area contributed by atoms with E-state index in [9.17, 15) is 9.59 Å². The fourth-order valence-corrected chi connectivity index (χ4v) is 4.02. The van der Waals surface area contributed by atoms with Crippen molar-refractivity contribution < 1.29 is 4.79 Å². The third-order valence-corrected chi connectivity index (χ3v) is 5.21. The number of aromatic nitrogens is 1. The number of pyridine rings is 1. The molecule has 0 radical (unpaired) electrons. The van der Waals surface area contributed by atoms with Crippen LogP contribution in [0.3, 0.4) is 0 Å². The van der Waals surface area contributed by atoms with E-state index in [1.807, 2.05) is 60.7 Å². The summed E-state index contributed by atoms with van der Waals surface area (Å²) in [6.45, 7) is 0. The first kappa shape index (κ1) is 13.5. The Labute approximate surface area is 138 Å². The minimum Gasteiger partial charge on any atom is -0.355 e. The summed E-state index contributed by atoms with van der Waals surface area (Å²) in [7, 11) is 0. The standard InChI is InChI=1S/C21H15NO2/c23-20-14-6-2-1-5-12(14)9-13-10-17-19(11-16(13)20)22-18-8-4-3-7-15(18)21(17)24/h1-8,10-11,13,16,22H,9H2. The van der Waals surface area contributed by atoms with Crippen molar-refractivity contribution in [2.24, 2.45) is 11.8 Å². The summed E-state index contributed by atoms with van der Waals surface area (Å²) in [5, 5.41) is 2.16. The van der Waals surface area contributed by atoms with Crippen LogP contribution in [0.15, 0.2) is 53.3 Å². The second-order valence-corrected chi connectivity index (χ2v) is 6.58. The molecule has 0 saturated heterocycles. The Morgan fingerprint density at radius 2 is 1.71 bits per heavy atom. The maximum Gasteiger partial charge on any atom is 0.196 e. The summed E-state index contributed by atoms with van der Waals surface area (Å²) < 4.78 is 0. The Morgan fingerprint density at radius 3 is 2.62 bits per heavy atom. The van der Waals surface area contributed by atoms with Crippen molar-refractivity contribution in [3.05, 3.63) is 80.4 Å². The molecular weight excluding hydrogens is 298 g/mol. The lowest BCUT2D eigenvalue weighted by molar-refractivity contribution is 0.0921. The van der Waals surface area contributed by atoms with Crippen LogP contribution in [0.1, 0.15) is 15.9 Å². The van der Waals surface area contributed by atoms with E-state index >= 15 is 0 Å². The number of carbonyl (C=O) groups is 1. The molecule has 2 aliphatic carbocycles. The van der Waals surface area contributed by atoms with Crippen molar-refractivity contribution in [3.63, 3.8) is 0 Å². The third kappa shape index (κ3) is 1.78. The summed E-state index contributed by atoms with van der Waals surface area (Å²) in [4.78, 5) is 29.0. The molecule has 0 spiro atoms. The molecule has 0 saturated carbocycles. The van der Waals surface area contributed by atoms with Gasteiger partial charge in [0.05, 0.1) is 0 Å². The lowest BCUT2D eigenvalue weighted by Gasteiger charge is -2.29. The van der Waals surface area contributed by atoms with Crippen LogP contribution in [0.4, 0.5) is 0 Å². The molecule has 116 valence electrons. The minimum absolute atomic E-state index is 0.0420. The van der Waals surface area contributed by atoms with Gasteiger partial charge < -0.3 is 4.98 Å². The lowest BCUT2D eigenvalue weighted by atomic mass is 9.73. The van der Waals surface area contributed by atoms with E-state index in [1.54, 1.807) is 0 Å². The number of aromatic amines is 1. The van der Waals surface area contributed by atoms with Crippen LogP contribution in [-0.2, 0) is 6.42 Å². The number of carbonyl (C=O) groups excluding carboxylic acids is 1. The number of rotatable bonds is 0. The summed E-state index contributed by atoms with van der Waals surface area (Å²) in [6, 6.07) is 15.3. The Morgan fingerprint density at radius 1 is 0.917 bits per heavy atom. The number of ketones is 1. The number of hydrogen-bond acceptors (Lipinski definition) is 2. The summed E-state index contributed by atoms with van der Waals surface area (Å²) >= 11 is 0. The Balaban J connectivity index is 1.80. The Kier molecular flexibility index (Phi) is 2.69. The maximum atomic E-state index is 12.9. The predicted octanol–water partition coefficient (Wildman–Crippen LogP) is 1.77. The van der Waals surface area contributed by atoms with Gasteiger partial charge in [-0.3, -0.25) is 9.59 Å². The molecule has 3 nitrogen and oxygen atoms in total. The number of H-pyrrole nitrogens is 1. The fourth-order valence-electron chi connectivity index (χ4n) is 4.02. The second-order valence-electron chi connectivity index (χ2n) is 6.58. The van der Waals surface area contributed by atoms with E-state index in [-0.39, 0.29) is 23.0 Å². The van der Waals surface area contributed by atoms with Crippen molar-refractivity contribution in [2.75, 3.05) is 0 Å². The first-order chi connectivity index (χ1) is 11.7. The molecule has 0 bridgehead atoms. The quantitative estimate of drug-likeness (QED) is 0.688. The molecule has 1 aromatic heterocycles. The maximum absolute atomic E-state index is 12.9. The van der Waals surface area contributed by atoms with Crippen LogP contribution in [-0.4, -0.2) is 10.8 Å². The number of para-hydroxylation sites is 1. The van der Waals surface area contributed by atoms with Gasteiger partial charge in [-0.1, -0.05) is 42.5 Å². The third-order valence-electron chi connectivity index (χ3n) is 5.21. The zero-order valence-corrected chi connectivity index (χ0v) is 13.0. The van der Waals surface area contributed by atoms with Gasteiger partial charge in [-0.2, -0.15) is 0 Å². The molecule has 0 amide bonds. The highest BCUT2D eigenvalue weighted by Gasteiger charge is 2.34. The highest BCUT2D eigenvalue weighted by atomic mass is 16.1. The van der Waals surface area contributed by atoms with Gasteiger partial charge in [0.1, 0.15) is 0 Å². The van der Waals surface area contributed by atoms with Crippen LogP contribution in [0.25, 0.3) is 23.1 Å². The molecule has 3 aromatic rings. The average molecular weight is 313 g/mol. The van der Waals surface area contributed by atoms with Gasteiger partial charge in [-0.15, -0.1) is 0 Å². The minimum atomic E-state index is -0.191. The molecule has 5 rings (SSSR count). The first-order valence-corrected chi connectivity index (χ1v) is 8.19. The summed E-state index contributed by atoms with van der Waals surface area (Å²) in [6.07, 6.45) is 4.75. The molecule has 2 aromatic carbocycles. The molecule has 0 fully saturated rings. The van der Waals surface area contributed by atoms with Gasteiger partial charge in [-0.05, 0) is 36.1 Å². The number of nitrogens with one attached hydrogen (secondary N) is 1. The van der Waals surface area contributed by atoms with Crippen LogP contribution in [0.2, 0.25) is 0 Å². The number of hydrogen-bond donors (Lipinski definition) is 1. The fraction of sp³-hybridized carbons (Fsp3) is 0.143. The van der Waals surface area contributed by atoms with E-state index in [4.69, 9.17) is 0 Å². The largest absolute Gasteiger partial charge is 0.355 e. The van der Waals surface area contributed by atoms with E-state index < -0.39 is 0 Å². The van der Waals surface area contributed by atoms with Crippen LogP contribution >= 0.6 is 0 Å². The van der Waals surface area contributed by atoms with Gasteiger partial charge in [0.25, 0.3) is 0 Å². The monoisotopic (exact) mass is 313 g/mol. The molecule has 0 aliphatic heterocycles. The topological polar surface area (TPSA) is 49.9 Å². The van der Waals surface area contributed by atoms with E-state index in [0.717, 1.165) is 28.4 Å².